The number of sulfonamides is 1. The fourth-order valence-electron chi connectivity index (χ4n) is 3.57. The summed E-state index contributed by atoms with van der Waals surface area (Å²) < 4.78 is 26.3. The second-order valence-electron chi connectivity index (χ2n) is 8.79. The number of hydrogen-bond donors (Lipinski definition) is 1. The van der Waals surface area contributed by atoms with Gasteiger partial charge in [0.25, 0.3) is 0 Å². The van der Waals surface area contributed by atoms with Gasteiger partial charge < -0.3 is 10.2 Å². The van der Waals surface area contributed by atoms with Gasteiger partial charge in [-0.05, 0) is 56.9 Å². The van der Waals surface area contributed by atoms with Crippen LogP contribution in [-0.4, -0.2) is 50.0 Å². The number of hydrogen-bond acceptors (Lipinski definition) is 4. The van der Waals surface area contributed by atoms with Gasteiger partial charge in [0.15, 0.2) is 0 Å². The highest BCUT2D eigenvalue weighted by Gasteiger charge is 2.30. The van der Waals surface area contributed by atoms with E-state index in [-0.39, 0.29) is 18.5 Å². The third-order valence-electron chi connectivity index (χ3n) is 5.92. The van der Waals surface area contributed by atoms with Crippen molar-refractivity contribution < 1.29 is 18.0 Å². The first-order valence-corrected chi connectivity index (χ1v) is 13.5. The van der Waals surface area contributed by atoms with Crippen LogP contribution in [0.25, 0.3) is 0 Å². The molecule has 0 saturated heterocycles. The van der Waals surface area contributed by atoms with Crippen molar-refractivity contribution in [3.8, 4) is 0 Å². The number of nitrogens with one attached hydrogen (secondary N) is 1. The Hall–Kier alpha value is -2.87. The van der Waals surface area contributed by atoms with Gasteiger partial charge in [0.1, 0.15) is 12.6 Å². The molecule has 2 aromatic rings. The average molecular weight is 488 g/mol. The monoisotopic (exact) mass is 487 g/mol. The molecule has 0 heterocycles. The third-order valence-corrected chi connectivity index (χ3v) is 7.06. The molecular weight excluding hydrogens is 450 g/mol. The van der Waals surface area contributed by atoms with Crippen molar-refractivity contribution in [1.29, 1.82) is 0 Å². The lowest BCUT2D eigenvalue weighted by molar-refractivity contribution is -0.139. The topological polar surface area (TPSA) is 86.8 Å². The molecule has 0 saturated carbocycles. The van der Waals surface area contributed by atoms with E-state index in [2.05, 4.69) is 5.32 Å². The lowest BCUT2D eigenvalue weighted by Gasteiger charge is -2.32. The molecule has 0 unspecified atom stereocenters. The highest BCUT2D eigenvalue weighted by atomic mass is 32.2. The standard InChI is InChI=1S/C26H37N3O4S/c1-7-20(4)27-26(31)21(5)28(17-23-11-9-10-19(3)16-23)25(30)18-29(34(6,32)33)24-14-12-22(8-2)13-15-24/h9-16,20-21H,7-8,17-18H2,1-6H3,(H,27,31)/t20-,21-/m1/s1. The van der Waals surface area contributed by atoms with E-state index >= 15 is 0 Å². The summed E-state index contributed by atoms with van der Waals surface area (Å²) in [7, 11) is -3.73. The zero-order valence-electron chi connectivity index (χ0n) is 21.0. The number of benzene rings is 2. The number of rotatable bonds is 11. The van der Waals surface area contributed by atoms with Gasteiger partial charge in [0.2, 0.25) is 21.8 Å². The van der Waals surface area contributed by atoms with Crippen molar-refractivity contribution in [2.24, 2.45) is 0 Å². The van der Waals surface area contributed by atoms with Crippen LogP contribution in [0.5, 0.6) is 0 Å². The van der Waals surface area contributed by atoms with Gasteiger partial charge in [-0.25, -0.2) is 8.42 Å². The molecule has 2 atom stereocenters. The molecular formula is C26H37N3O4S. The summed E-state index contributed by atoms with van der Waals surface area (Å²) in [5.74, 6) is -0.716. The maximum Gasteiger partial charge on any atom is 0.244 e. The van der Waals surface area contributed by atoms with Gasteiger partial charge >= 0.3 is 0 Å². The highest BCUT2D eigenvalue weighted by Crippen LogP contribution is 2.20. The van der Waals surface area contributed by atoms with Crippen LogP contribution < -0.4 is 9.62 Å². The van der Waals surface area contributed by atoms with Crippen LogP contribution in [0.3, 0.4) is 0 Å². The van der Waals surface area contributed by atoms with E-state index in [0.29, 0.717) is 5.69 Å². The van der Waals surface area contributed by atoms with Crippen LogP contribution in [0.4, 0.5) is 5.69 Å². The highest BCUT2D eigenvalue weighted by molar-refractivity contribution is 7.92. The molecule has 7 nitrogen and oxygen atoms in total. The zero-order valence-corrected chi connectivity index (χ0v) is 21.9. The Morgan fingerprint density at radius 1 is 1.00 bits per heavy atom. The summed E-state index contributed by atoms with van der Waals surface area (Å²) in [4.78, 5) is 27.9. The first-order chi connectivity index (χ1) is 16.0. The van der Waals surface area contributed by atoms with Crippen LogP contribution in [0, 0.1) is 6.92 Å². The molecule has 34 heavy (non-hydrogen) atoms. The fourth-order valence-corrected chi connectivity index (χ4v) is 4.42. The molecule has 8 heteroatoms. The first-order valence-electron chi connectivity index (χ1n) is 11.7. The molecule has 2 aromatic carbocycles. The van der Waals surface area contributed by atoms with Crippen molar-refractivity contribution in [3.63, 3.8) is 0 Å². The average Bonchev–Trinajstić information content (AvgIpc) is 2.79. The summed E-state index contributed by atoms with van der Waals surface area (Å²) in [5.41, 5.74) is 3.39. The van der Waals surface area contributed by atoms with Crippen molar-refractivity contribution >= 4 is 27.5 Å². The molecule has 0 radical (unpaired) electrons. The van der Waals surface area contributed by atoms with Gasteiger partial charge in [-0.2, -0.15) is 0 Å². The van der Waals surface area contributed by atoms with Gasteiger partial charge in [-0.1, -0.05) is 55.8 Å². The third kappa shape index (κ3) is 7.58. The second-order valence-corrected chi connectivity index (χ2v) is 10.7. The molecule has 0 aliphatic carbocycles. The number of amides is 2. The summed E-state index contributed by atoms with van der Waals surface area (Å²) in [6.45, 7) is 9.33. The van der Waals surface area contributed by atoms with Gasteiger partial charge in [-0.15, -0.1) is 0 Å². The Morgan fingerprint density at radius 2 is 1.65 bits per heavy atom. The second kappa shape index (κ2) is 12.0. The summed E-state index contributed by atoms with van der Waals surface area (Å²) >= 11 is 0. The van der Waals surface area contributed by atoms with E-state index < -0.39 is 28.5 Å². The predicted octanol–water partition coefficient (Wildman–Crippen LogP) is 3.66. The van der Waals surface area contributed by atoms with Crippen molar-refractivity contribution in [2.75, 3.05) is 17.1 Å². The molecule has 0 aromatic heterocycles. The van der Waals surface area contributed by atoms with Crippen LogP contribution in [-0.2, 0) is 32.6 Å². The number of carbonyl (C=O) groups is 2. The van der Waals surface area contributed by atoms with E-state index in [1.165, 1.54) is 4.90 Å². The van der Waals surface area contributed by atoms with E-state index in [1.807, 2.05) is 64.1 Å². The number of aryl methyl sites for hydroxylation is 2. The normalized spacial score (nSPS) is 13.1. The Bertz CT molecular complexity index is 1080. The molecule has 186 valence electrons. The van der Waals surface area contributed by atoms with Crippen LogP contribution in [0.1, 0.15) is 50.8 Å². The molecule has 0 fully saturated rings. The molecule has 2 rings (SSSR count). The first kappa shape index (κ1) is 27.4. The van der Waals surface area contributed by atoms with Gasteiger partial charge in [0.05, 0.1) is 11.9 Å². The van der Waals surface area contributed by atoms with Crippen molar-refractivity contribution in [1.82, 2.24) is 10.2 Å². The minimum Gasteiger partial charge on any atom is -0.352 e. The van der Waals surface area contributed by atoms with Gasteiger partial charge in [0, 0.05) is 12.6 Å². The minimum absolute atomic E-state index is 0.0320. The van der Waals surface area contributed by atoms with Gasteiger partial charge in [-0.3, -0.25) is 13.9 Å². The Morgan fingerprint density at radius 3 is 2.18 bits per heavy atom. The Labute approximate surface area is 204 Å². The fraction of sp³-hybridized carbons (Fsp3) is 0.462. The lowest BCUT2D eigenvalue weighted by atomic mass is 10.1. The Kier molecular flexibility index (Phi) is 9.67. The van der Waals surface area contributed by atoms with E-state index in [4.69, 9.17) is 0 Å². The molecule has 1 N–H and O–H groups in total. The number of carbonyl (C=O) groups excluding carboxylic acids is 2. The molecule has 0 aliphatic rings. The van der Waals surface area contributed by atoms with Crippen LogP contribution >= 0.6 is 0 Å². The van der Waals surface area contributed by atoms with Crippen LogP contribution in [0.2, 0.25) is 0 Å². The van der Waals surface area contributed by atoms with Crippen LogP contribution in [0.15, 0.2) is 48.5 Å². The van der Waals surface area contributed by atoms with E-state index in [0.717, 1.165) is 40.1 Å². The molecule has 0 aliphatic heterocycles. The summed E-state index contributed by atoms with van der Waals surface area (Å²) in [6.07, 6.45) is 2.67. The van der Waals surface area contributed by atoms with E-state index in [9.17, 15) is 18.0 Å². The number of anilines is 1. The zero-order chi connectivity index (χ0) is 25.5. The lowest BCUT2D eigenvalue weighted by Crippen LogP contribution is -2.52. The molecule has 0 spiro atoms. The molecule has 0 bridgehead atoms. The minimum atomic E-state index is -3.73. The number of nitrogens with zero attached hydrogens (tertiary/aromatic N) is 2. The van der Waals surface area contributed by atoms with Crippen molar-refractivity contribution in [3.05, 3.63) is 65.2 Å². The Balaban J connectivity index is 2.37. The van der Waals surface area contributed by atoms with E-state index in [1.54, 1.807) is 19.1 Å². The van der Waals surface area contributed by atoms with Crippen molar-refractivity contribution in [2.45, 2.75) is 66.1 Å². The SMILES string of the molecule is CCc1ccc(N(CC(=O)N(Cc2cccc(C)c2)[C@H](C)C(=O)N[C@H](C)CC)S(C)(=O)=O)cc1. The molecule has 2 amide bonds. The smallest absolute Gasteiger partial charge is 0.244 e. The summed E-state index contributed by atoms with van der Waals surface area (Å²) in [6, 6.07) is 14.0. The maximum absolute atomic E-state index is 13.5. The largest absolute Gasteiger partial charge is 0.352 e. The summed E-state index contributed by atoms with van der Waals surface area (Å²) in [5, 5.41) is 2.93. The quantitative estimate of drug-likeness (QED) is 0.524. The predicted molar refractivity (Wildman–Crippen MR) is 137 cm³/mol. The maximum atomic E-state index is 13.5.